The van der Waals surface area contributed by atoms with E-state index in [1.54, 1.807) is 18.2 Å². The van der Waals surface area contributed by atoms with E-state index in [1.807, 2.05) is 4.90 Å². The normalized spacial score (nSPS) is 14.5. The number of nitrogens with one attached hydrogen (secondary N) is 1. The predicted octanol–water partition coefficient (Wildman–Crippen LogP) is 5.26. The molecule has 0 bridgehead atoms. The molecule has 1 aromatic carbocycles. The Kier molecular flexibility index (Phi) is 5.96. The van der Waals surface area contributed by atoms with Crippen LogP contribution in [0.4, 0.5) is 29.2 Å². The largest absolute Gasteiger partial charge is 0.418 e. The maximum absolute atomic E-state index is 13.5. The number of aliphatic hydroxyl groups excluding tert-OH is 1. The summed E-state index contributed by atoms with van der Waals surface area (Å²) in [5.41, 5.74) is -1.41. The number of anilines is 2. The minimum Gasteiger partial charge on any atom is -0.389 e. The average Bonchev–Trinajstić information content (AvgIpc) is 2.69. The van der Waals surface area contributed by atoms with Crippen molar-refractivity contribution in [1.82, 2.24) is 9.97 Å². The number of hydrogen-bond donors (Lipinski definition) is 2. The zero-order valence-corrected chi connectivity index (χ0v) is 17.3. The fourth-order valence-electron chi connectivity index (χ4n) is 3.02. The number of nitrogens with zero attached hydrogens (tertiary/aromatic N) is 3. The number of alkyl halides is 3. The van der Waals surface area contributed by atoms with Gasteiger partial charge in [-0.3, -0.25) is 0 Å². The van der Waals surface area contributed by atoms with Gasteiger partial charge < -0.3 is 14.7 Å². The van der Waals surface area contributed by atoms with Gasteiger partial charge in [-0.05, 0) is 42.5 Å². The van der Waals surface area contributed by atoms with Gasteiger partial charge in [-0.25, -0.2) is 14.4 Å². The number of halogens is 5. The molecule has 11 heteroatoms. The molecule has 0 atom stereocenters. The standard InChI is InChI=1S/C20H15ClF4N4OS/c21-15-8-11(22)4-5-13(15)19-14(20(23,24)25)6-7-16(26-19)28-31-18-3-1-2-17(27-18)29-9-12(30)10-29/h1-8,12,30H,9-10H2,(H,26,28). The van der Waals surface area contributed by atoms with Crippen molar-refractivity contribution in [2.75, 3.05) is 22.7 Å². The van der Waals surface area contributed by atoms with Crippen LogP contribution < -0.4 is 9.62 Å². The third kappa shape index (κ3) is 4.86. The van der Waals surface area contributed by atoms with Crippen molar-refractivity contribution >= 4 is 35.2 Å². The lowest BCUT2D eigenvalue weighted by Crippen LogP contribution is -2.51. The molecule has 1 aliphatic heterocycles. The highest BCUT2D eigenvalue weighted by Crippen LogP contribution is 2.39. The first-order valence-corrected chi connectivity index (χ1v) is 10.3. The molecule has 5 nitrogen and oxygen atoms in total. The highest BCUT2D eigenvalue weighted by atomic mass is 35.5. The summed E-state index contributed by atoms with van der Waals surface area (Å²) in [6, 6.07) is 10.6. The summed E-state index contributed by atoms with van der Waals surface area (Å²) in [6.07, 6.45) is -5.03. The van der Waals surface area contributed by atoms with Crippen molar-refractivity contribution in [2.24, 2.45) is 0 Å². The van der Waals surface area contributed by atoms with Crippen molar-refractivity contribution in [3.63, 3.8) is 0 Å². The van der Waals surface area contributed by atoms with E-state index in [9.17, 15) is 22.7 Å². The number of hydrogen-bond acceptors (Lipinski definition) is 6. The molecule has 0 radical (unpaired) electrons. The van der Waals surface area contributed by atoms with Gasteiger partial charge in [0.05, 0.1) is 22.4 Å². The van der Waals surface area contributed by atoms with Crippen LogP contribution in [0, 0.1) is 5.82 Å². The van der Waals surface area contributed by atoms with Gasteiger partial charge in [0.15, 0.2) is 0 Å². The predicted molar refractivity (Wildman–Crippen MR) is 112 cm³/mol. The Balaban J connectivity index is 1.59. The number of rotatable bonds is 5. The van der Waals surface area contributed by atoms with Crippen LogP contribution in [-0.4, -0.2) is 34.3 Å². The number of aromatic nitrogens is 2. The lowest BCUT2D eigenvalue weighted by molar-refractivity contribution is -0.137. The Morgan fingerprint density at radius 1 is 1.10 bits per heavy atom. The summed E-state index contributed by atoms with van der Waals surface area (Å²) in [5.74, 6) is 0.184. The van der Waals surface area contributed by atoms with Crippen LogP contribution in [-0.2, 0) is 6.18 Å². The first-order valence-electron chi connectivity index (χ1n) is 9.07. The van der Waals surface area contributed by atoms with Crippen LogP contribution in [0.15, 0.2) is 53.6 Å². The van der Waals surface area contributed by atoms with Crippen molar-refractivity contribution in [3.05, 3.63) is 64.9 Å². The highest BCUT2D eigenvalue weighted by Gasteiger charge is 2.35. The second-order valence-corrected chi connectivity index (χ2v) is 8.05. The van der Waals surface area contributed by atoms with E-state index in [4.69, 9.17) is 11.6 Å². The van der Waals surface area contributed by atoms with E-state index < -0.39 is 23.3 Å². The third-order valence-corrected chi connectivity index (χ3v) is 5.60. The molecule has 1 aliphatic rings. The molecule has 0 aliphatic carbocycles. The van der Waals surface area contributed by atoms with Crippen LogP contribution in [0.2, 0.25) is 5.02 Å². The molecule has 2 N–H and O–H groups in total. The van der Waals surface area contributed by atoms with Gasteiger partial charge >= 0.3 is 6.18 Å². The van der Waals surface area contributed by atoms with Crippen LogP contribution in [0.3, 0.4) is 0 Å². The number of aliphatic hydroxyl groups is 1. The maximum atomic E-state index is 13.5. The van der Waals surface area contributed by atoms with E-state index in [0.29, 0.717) is 23.9 Å². The molecule has 1 fully saturated rings. The Labute approximate surface area is 184 Å². The molecule has 2 aromatic heterocycles. The second kappa shape index (κ2) is 8.52. The maximum Gasteiger partial charge on any atom is 0.418 e. The van der Waals surface area contributed by atoms with E-state index >= 15 is 0 Å². The lowest BCUT2D eigenvalue weighted by atomic mass is 10.1. The van der Waals surface area contributed by atoms with Gasteiger partial charge in [0, 0.05) is 30.6 Å². The molecule has 0 amide bonds. The first kappa shape index (κ1) is 21.7. The number of benzene rings is 1. The van der Waals surface area contributed by atoms with Crippen molar-refractivity contribution in [3.8, 4) is 11.3 Å². The van der Waals surface area contributed by atoms with Crippen LogP contribution in [0.1, 0.15) is 5.56 Å². The molecule has 4 rings (SSSR count). The fraction of sp³-hybridized carbons (Fsp3) is 0.200. The first-order chi connectivity index (χ1) is 14.7. The summed E-state index contributed by atoms with van der Waals surface area (Å²) < 4.78 is 56.7. The Hall–Kier alpha value is -2.56. The van der Waals surface area contributed by atoms with E-state index in [2.05, 4.69) is 14.7 Å². The summed E-state index contributed by atoms with van der Waals surface area (Å²) in [7, 11) is 0. The molecular weight excluding hydrogens is 456 g/mol. The minimum atomic E-state index is -4.66. The zero-order chi connectivity index (χ0) is 22.2. The van der Waals surface area contributed by atoms with Crippen LogP contribution in [0.5, 0.6) is 0 Å². The van der Waals surface area contributed by atoms with Crippen molar-refractivity contribution < 1.29 is 22.7 Å². The smallest absolute Gasteiger partial charge is 0.389 e. The fourth-order valence-corrected chi connectivity index (χ4v) is 3.88. The van der Waals surface area contributed by atoms with Crippen molar-refractivity contribution in [2.45, 2.75) is 17.3 Å². The van der Waals surface area contributed by atoms with Gasteiger partial charge in [0.1, 0.15) is 22.5 Å². The minimum absolute atomic E-state index is 0.0273. The number of β-amino-alcohol motifs (C(OH)–C–C–N with tert-alkyl or cyclic N) is 1. The Bertz CT molecular complexity index is 1110. The highest BCUT2D eigenvalue weighted by molar-refractivity contribution is 8.00. The van der Waals surface area contributed by atoms with Crippen molar-refractivity contribution in [1.29, 1.82) is 0 Å². The van der Waals surface area contributed by atoms with Gasteiger partial charge in [-0.1, -0.05) is 17.7 Å². The van der Waals surface area contributed by atoms with Gasteiger partial charge in [0.2, 0.25) is 0 Å². The lowest BCUT2D eigenvalue weighted by Gasteiger charge is -2.36. The third-order valence-electron chi connectivity index (χ3n) is 4.54. The SMILES string of the molecule is OC1CN(c2cccc(SNc3ccc(C(F)(F)F)c(-c4ccc(F)cc4Cl)n3)n2)C1. The van der Waals surface area contributed by atoms with Gasteiger partial charge in [-0.15, -0.1) is 0 Å². The molecule has 31 heavy (non-hydrogen) atoms. The quantitative estimate of drug-likeness (QED) is 0.392. The molecule has 1 saturated heterocycles. The molecule has 3 heterocycles. The summed E-state index contributed by atoms with van der Waals surface area (Å²) in [4.78, 5) is 10.4. The molecular formula is C20H15ClF4N4OS. The monoisotopic (exact) mass is 470 g/mol. The molecule has 3 aromatic rings. The second-order valence-electron chi connectivity index (χ2n) is 6.81. The number of pyridine rings is 2. The zero-order valence-electron chi connectivity index (χ0n) is 15.7. The van der Waals surface area contributed by atoms with Gasteiger partial charge in [0.25, 0.3) is 0 Å². The van der Waals surface area contributed by atoms with E-state index in [0.717, 1.165) is 30.1 Å². The average molecular weight is 471 g/mol. The molecule has 0 spiro atoms. The summed E-state index contributed by atoms with van der Waals surface area (Å²) in [6.45, 7) is 0.994. The molecule has 162 valence electrons. The Morgan fingerprint density at radius 3 is 2.55 bits per heavy atom. The molecule has 0 unspecified atom stereocenters. The molecule has 0 saturated carbocycles. The topological polar surface area (TPSA) is 61.3 Å². The van der Waals surface area contributed by atoms with E-state index in [-0.39, 0.29) is 22.5 Å². The van der Waals surface area contributed by atoms with E-state index in [1.165, 1.54) is 12.1 Å². The summed E-state index contributed by atoms with van der Waals surface area (Å²) in [5, 5.41) is 9.83. The Morgan fingerprint density at radius 2 is 1.87 bits per heavy atom. The summed E-state index contributed by atoms with van der Waals surface area (Å²) >= 11 is 7.06. The van der Waals surface area contributed by atoms with Crippen LogP contribution >= 0.6 is 23.5 Å². The van der Waals surface area contributed by atoms with Crippen LogP contribution in [0.25, 0.3) is 11.3 Å². The van der Waals surface area contributed by atoms with Gasteiger partial charge in [-0.2, -0.15) is 13.2 Å².